The van der Waals surface area contributed by atoms with Crippen molar-refractivity contribution in [3.05, 3.63) is 80.6 Å². The van der Waals surface area contributed by atoms with Crippen LogP contribution in [0.1, 0.15) is 32.6 Å². The number of nitrogens with zero attached hydrogens (tertiary/aromatic N) is 1. The highest BCUT2D eigenvalue weighted by Crippen LogP contribution is 2.19. The number of rotatable bonds is 5. The van der Waals surface area contributed by atoms with Crippen LogP contribution in [0.4, 0.5) is 0 Å². The summed E-state index contributed by atoms with van der Waals surface area (Å²) in [5.74, 6) is -0.201. The Hall–Kier alpha value is -2.92. The molecule has 1 aromatic heterocycles. The maximum atomic E-state index is 12.9. The van der Waals surface area contributed by atoms with E-state index in [0.29, 0.717) is 11.1 Å². The molecular formula is C22H24N2O3. The Balaban J connectivity index is 1.98. The molecule has 0 aliphatic rings. The van der Waals surface area contributed by atoms with E-state index in [9.17, 15) is 14.7 Å². The number of amides is 1. The largest absolute Gasteiger partial charge is 0.395 e. The molecule has 0 bridgehead atoms. The fraction of sp³-hybridized carbons (Fsp3) is 0.273. The number of carbonyl (C=O) groups is 1. The van der Waals surface area contributed by atoms with Crippen molar-refractivity contribution in [2.45, 2.75) is 27.3 Å². The number of H-pyrrole nitrogens is 1. The van der Waals surface area contributed by atoms with Gasteiger partial charge in [-0.15, -0.1) is 0 Å². The molecule has 0 aliphatic carbocycles. The zero-order valence-electron chi connectivity index (χ0n) is 15.9. The molecule has 27 heavy (non-hydrogen) atoms. The Kier molecular flexibility index (Phi) is 5.42. The summed E-state index contributed by atoms with van der Waals surface area (Å²) in [6.07, 6.45) is 0. The minimum absolute atomic E-state index is 0.145. The first-order chi connectivity index (χ1) is 12.9. The van der Waals surface area contributed by atoms with Gasteiger partial charge in [-0.1, -0.05) is 23.8 Å². The lowest BCUT2D eigenvalue weighted by atomic mass is 10.0. The average molecular weight is 364 g/mol. The smallest absolute Gasteiger partial charge is 0.254 e. The Labute approximate surface area is 158 Å². The molecule has 2 aromatic carbocycles. The van der Waals surface area contributed by atoms with E-state index >= 15 is 0 Å². The summed E-state index contributed by atoms with van der Waals surface area (Å²) in [6.45, 7) is 6.05. The Morgan fingerprint density at radius 2 is 1.85 bits per heavy atom. The molecule has 3 aromatic rings. The van der Waals surface area contributed by atoms with E-state index in [1.807, 2.05) is 51.1 Å². The molecule has 0 saturated heterocycles. The Morgan fingerprint density at radius 1 is 1.07 bits per heavy atom. The van der Waals surface area contributed by atoms with Crippen LogP contribution in [0.5, 0.6) is 0 Å². The molecule has 140 valence electrons. The lowest BCUT2D eigenvalue weighted by Crippen LogP contribution is -2.35. The summed E-state index contributed by atoms with van der Waals surface area (Å²) in [4.78, 5) is 29.9. The quantitative estimate of drug-likeness (QED) is 0.731. The van der Waals surface area contributed by atoms with E-state index < -0.39 is 0 Å². The molecule has 5 nitrogen and oxygen atoms in total. The highest BCUT2D eigenvalue weighted by atomic mass is 16.3. The predicted molar refractivity (Wildman–Crippen MR) is 107 cm³/mol. The summed E-state index contributed by atoms with van der Waals surface area (Å²) in [5.41, 5.74) is 4.77. The lowest BCUT2D eigenvalue weighted by Gasteiger charge is -2.22. The van der Waals surface area contributed by atoms with Gasteiger partial charge in [-0.3, -0.25) is 9.59 Å². The van der Waals surface area contributed by atoms with Gasteiger partial charge in [-0.2, -0.15) is 0 Å². The summed E-state index contributed by atoms with van der Waals surface area (Å²) in [5, 5.41) is 10.4. The minimum Gasteiger partial charge on any atom is -0.395 e. The van der Waals surface area contributed by atoms with Gasteiger partial charge in [0, 0.05) is 28.6 Å². The highest BCUT2D eigenvalue weighted by molar-refractivity contribution is 5.94. The van der Waals surface area contributed by atoms with Gasteiger partial charge in [0.1, 0.15) is 0 Å². The number of carbonyl (C=O) groups excluding carboxylic acids is 1. The molecule has 3 rings (SSSR count). The summed E-state index contributed by atoms with van der Waals surface area (Å²) in [7, 11) is 0. The zero-order chi connectivity index (χ0) is 19.6. The van der Waals surface area contributed by atoms with E-state index in [4.69, 9.17) is 0 Å². The molecule has 2 N–H and O–H groups in total. The van der Waals surface area contributed by atoms with Crippen LogP contribution in [-0.2, 0) is 6.54 Å². The monoisotopic (exact) mass is 364 g/mol. The van der Waals surface area contributed by atoms with Crippen LogP contribution in [0.3, 0.4) is 0 Å². The zero-order valence-corrected chi connectivity index (χ0v) is 15.9. The number of aliphatic hydroxyl groups is 1. The van der Waals surface area contributed by atoms with Gasteiger partial charge in [0.05, 0.1) is 13.2 Å². The van der Waals surface area contributed by atoms with Crippen molar-refractivity contribution in [2.75, 3.05) is 13.2 Å². The first kappa shape index (κ1) is 18.9. The van der Waals surface area contributed by atoms with Gasteiger partial charge in [-0.05, 0) is 56.2 Å². The van der Waals surface area contributed by atoms with Crippen LogP contribution >= 0.6 is 0 Å². The van der Waals surface area contributed by atoms with Crippen LogP contribution in [0.25, 0.3) is 10.9 Å². The van der Waals surface area contributed by atoms with Crippen molar-refractivity contribution in [3.63, 3.8) is 0 Å². The first-order valence-electron chi connectivity index (χ1n) is 8.99. The van der Waals surface area contributed by atoms with Crippen LogP contribution in [-0.4, -0.2) is 34.0 Å². The molecule has 0 spiro atoms. The average Bonchev–Trinajstić information content (AvgIpc) is 2.61. The molecule has 0 atom stereocenters. The normalized spacial score (nSPS) is 11.0. The van der Waals surface area contributed by atoms with E-state index in [1.54, 1.807) is 6.07 Å². The molecule has 0 fully saturated rings. The minimum atomic E-state index is -0.215. The SMILES string of the molecule is Cc1cccc(C(=O)N(CCO)Cc2cc3c(C)cc(C)cc3[nH]c2=O)c1. The number of aryl methyl sites for hydroxylation is 3. The number of nitrogens with one attached hydrogen (secondary N) is 1. The fourth-order valence-electron chi connectivity index (χ4n) is 3.37. The van der Waals surface area contributed by atoms with Crippen LogP contribution in [0.2, 0.25) is 0 Å². The predicted octanol–water partition coefficient (Wildman–Crippen LogP) is 3.09. The van der Waals surface area contributed by atoms with E-state index in [0.717, 1.165) is 27.6 Å². The standard InChI is InChI=1S/C22H24N2O3/c1-14-5-4-6-17(10-14)22(27)24(7-8-25)13-18-12-19-16(3)9-15(2)11-20(19)23-21(18)26/h4-6,9-12,25H,7-8,13H2,1-3H3,(H,23,26). The van der Waals surface area contributed by atoms with Gasteiger partial charge < -0.3 is 15.0 Å². The second-order valence-corrected chi connectivity index (χ2v) is 6.99. The topological polar surface area (TPSA) is 73.4 Å². The van der Waals surface area contributed by atoms with Gasteiger partial charge >= 0.3 is 0 Å². The summed E-state index contributed by atoms with van der Waals surface area (Å²) >= 11 is 0. The van der Waals surface area contributed by atoms with E-state index in [-0.39, 0.29) is 31.2 Å². The Morgan fingerprint density at radius 3 is 2.56 bits per heavy atom. The second kappa shape index (κ2) is 7.76. The van der Waals surface area contributed by atoms with Gasteiger partial charge in [-0.25, -0.2) is 0 Å². The molecule has 0 saturated carbocycles. The molecule has 1 heterocycles. The fourth-order valence-corrected chi connectivity index (χ4v) is 3.37. The number of hydrogen-bond donors (Lipinski definition) is 2. The van der Waals surface area contributed by atoms with E-state index in [1.165, 1.54) is 4.90 Å². The maximum absolute atomic E-state index is 12.9. The number of aromatic amines is 1. The third-order valence-corrected chi connectivity index (χ3v) is 4.67. The molecule has 0 aliphatic heterocycles. The van der Waals surface area contributed by atoms with Crippen molar-refractivity contribution in [1.29, 1.82) is 0 Å². The van der Waals surface area contributed by atoms with Crippen molar-refractivity contribution in [1.82, 2.24) is 9.88 Å². The third-order valence-electron chi connectivity index (χ3n) is 4.67. The van der Waals surface area contributed by atoms with Crippen molar-refractivity contribution >= 4 is 16.8 Å². The molecule has 0 unspecified atom stereocenters. The van der Waals surface area contributed by atoms with Crippen LogP contribution in [0.15, 0.2) is 47.3 Å². The first-order valence-corrected chi connectivity index (χ1v) is 8.99. The second-order valence-electron chi connectivity index (χ2n) is 6.99. The third kappa shape index (κ3) is 4.09. The summed E-state index contributed by atoms with van der Waals surface area (Å²) in [6, 6.07) is 13.2. The van der Waals surface area contributed by atoms with Crippen molar-refractivity contribution in [3.8, 4) is 0 Å². The van der Waals surface area contributed by atoms with Gasteiger partial charge in [0.2, 0.25) is 0 Å². The number of hydrogen-bond acceptors (Lipinski definition) is 3. The summed E-state index contributed by atoms with van der Waals surface area (Å²) < 4.78 is 0. The van der Waals surface area contributed by atoms with Crippen LogP contribution in [0, 0.1) is 20.8 Å². The number of fused-ring (bicyclic) bond motifs is 1. The van der Waals surface area contributed by atoms with Crippen LogP contribution < -0.4 is 5.56 Å². The number of benzene rings is 2. The highest BCUT2D eigenvalue weighted by Gasteiger charge is 2.18. The Bertz CT molecular complexity index is 1050. The maximum Gasteiger partial charge on any atom is 0.254 e. The lowest BCUT2D eigenvalue weighted by molar-refractivity contribution is 0.0707. The molecule has 1 amide bonds. The molecular weight excluding hydrogens is 340 g/mol. The van der Waals surface area contributed by atoms with Crippen molar-refractivity contribution in [2.24, 2.45) is 0 Å². The van der Waals surface area contributed by atoms with Crippen molar-refractivity contribution < 1.29 is 9.90 Å². The number of aromatic nitrogens is 1. The van der Waals surface area contributed by atoms with E-state index in [2.05, 4.69) is 11.1 Å². The van der Waals surface area contributed by atoms with Gasteiger partial charge in [0.15, 0.2) is 0 Å². The molecule has 0 radical (unpaired) electrons. The van der Waals surface area contributed by atoms with Gasteiger partial charge in [0.25, 0.3) is 11.5 Å². The molecule has 5 heteroatoms. The number of pyridine rings is 1. The number of aliphatic hydroxyl groups excluding tert-OH is 1.